The van der Waals surface area contributed by atoms with E-state index in [4.69, 9.17) is 15.9 Å². The van der Waals surface area contributed by atoms with Crippen molar-refractivity contribution < 1.29 is 29.4 Å². The number of carbonyl (C=O) groups excluding carboxylic acids is 2. The Kier molecular flexibility index (Phi) is 9.27. The lowest BCUT2D eigenvalue weighted by Crippen LogP contribution is -2.54. The van der Waals surface area contributed by atoms with E-state index < -0.39 is 41.9 Å². The standard InChI is InChI=1S/C13H23N3O6S/c1-6(2)10(11(18)15-8(5-23)13(21)22)16-9(17)4-3-7(14)12(19)20/h6-8,10,23H,3-5,14H2,1-2H3,(H,15,18)(H,16,17)(H,19,20)(H,21,22)/t7-,8-,10-/m0/s1. The molecule has 0 spiro atoms. The molecular weight excluding hydrogens is 326 g/mol. The molecule has 0 unspecified atom stereocenters. The first-order valence-corrected chi connectivity index (χ1v) is 7.65. The summed E-state index contributed by atoms with van der Waals surface area (Å²) in [6.07, 6.45) is -0.221. The Bertz CT molecular complexity index is 457. The van der Waals surface area contributed by atoms with Gasteiger partial charge in [-0.05, 0) is 12.3 Å². The summed E-state index contributed by atoms with van der Waals surface area (Å²) in [7, 11) is 0. The fourth-order valence-electron chi connectivity index (χ4n) is 1.64. The quantitative estimate of drug-likeness (QED) is 0.271. The topological polar surface area (TPSA) is 159 Å². The van der Waals surface area contributed by atoms with Crippen molar-refractivity contribution in [3.63, 3.8) is 0 Å². The van der Waals surface area contributed by atoms with Crippen molar-refractivity contribution in [1.82, 2.24) is 10.6 Å². The Hall–Kier alpha value is -1.81. The lowest BCUT2D eigenvalue weighted by molar-refractivity contribution is -0.141. The van der Waals surface area contributed by atoms with E-state index in [-0.39, 0.29) is 24.5 Å². The van der Waals surface area contributed by atoms with Crippen LogP contribution in [0.4, 0.5) is 0 Å². The van der Waals surface area contributed by atoms with Crippen LogP contribution in [0.25, 0.3) is 0 Å². The van der Waals surface area contributed by atoms with E-state index in [1.54, 1.807) is 13.8 Å². The molecule has 0 rings (SSSR count). The Morgan fingerprint density at radius 1 is 1.09 bits per heavy atom. The van der Waals surface area contributed by atoms with Gasteiger partial charge in [0.05, 0.1) is 0 Å². The maximum atomic E-state index is 12.1. The molecule has 0 aromatic rings. The van der Waals surface area contributed by atoms with Gasteiger partial charge in [-0.1, -0.05) is 13.8 Å². The van der Waals surface area contributed by atoms with Gasteiger partial charge in [0, 0.05) is 12.2 Å². The summed E-state index contributed by atoms with van der Waals surface area (Å²) in [5.74, 6) is -4.00. The van der Waals surface area contributed by atoms with Gasteiger partial charge in [0.25, 0.3) is 0 Å². The van der Waals surface area contributed by atoms with Crippen LogP contribution in [0.3, 0.4) is 0 Å². The van der Waals surface area contributed by atoms with E-state index in [9.17, 15) is 19.2 Å². The van der Waals surface area contributed by atoms with Crippen LogP contribution in [0, 0.1) is 5.92 Å². The number of carbonyl (C=O) groups is 4. The molecule has 0 bridgehead atoms. The summed E-state index contributed by atoms with van der Waals surface area (Å²) in [6, 6.07) is -3.26. The molecule has 0 aromatic heterocycles. The van der Waals surface area contributed by atoms with Crippen molar-refractivity contribution in [3.05, 3.63) is 0 Å². The van der Waals surface area contributed by atoms with E-state index in [2.05, 4.69) is 23.3 Å². The molecule has 0 aliphatic carbocycles. The van der Waals surface area contributed by atoms with Gasteiger partial charge in [-0.25, -0.2) is 4.79 Å². The Morgan fingerprint density at radius 3 is 2.04 bits per heavy atom. The lowest BCUT2D eigenvalue weighted by atomic mass is 10.0. The fourth-order valence-corrected chi connectivity index (χ4v) is 1.89. The molecule has 9 nitrogen and oxygen atoms in total. The number of hydrogen-bond acceptors (Lipinski definition) is 6. The molecule has 2 amide bonds. The average molecular weight is 349 g/mol. The number of aliphatic carboxylic acids is 2. The van der Waals surface area contributed by atoms with Gasteiger partial charge in [0.1, 0.15) is 18.1 Å². The van der Waals surface area contributed by atoms with Crippen LogP contribution in [-0.4, -0.2) is 57.8 Å². The summed E-state index contributed by atoms with van der Waals surface area (Å²) in [6.45, 7) is 3.37. The molecule has 0 saturated heterocycles. The molecule has 0 aliphatic heterocycles. The highest BCUT2D eigenvalue weighted by Gasteiger charge is 2.28. The number of thiol groups is 1. The zero-order chi connectivity index (χ0) is 18.2. The maximum Gasteiger partial charge on any atom is 0.327 e. The minimum Gasteiger partial charge on any atom is -0.480 e. The van der Waals surface area contributed by atoms with Gasteiger partial charge in [0.2, 0.25) is 11.8 Å². The van der Waals surface area contributed by atoms with Gasteiger partial charge >= 0.3 is 11.9 Å². The molecule has 0 radical (unpaired) electrons. The van der Waals surface area contributed by atoms with Gasteiger partial charge < -0.3 is 26.6 Å². The van der Waals surface area contributed by atoms with Crippen LogP contribution >= 0.6 is 12.6 Å². The Balaban J connectivity index is 4.67. The SMILES string of the molecule is CC(C)[C@H](NC(=O)CC[C@H](N)C(=O)O)C(=O)N[C@@H](CS)C(=O)O. The number of nitrogens with one attached hydrogen (secondary N) is 2. The molecule has 3 atom stereocenters. The molecular formula is C13H23N3O6S. The second-order valence-corrected chi connectivity index (χ2v) is 5.72. The van der Waals surface area contributed by atoms with Crippen LogP contribution in [0.15, 0.2) is 0 Å². The average Bonchev–Trinajstić information content (AvgIpc) is 2.46. The van der Waals surface area contributed by atoms with Crippen molar-refractivity contribution in [3.8, 4) is 0 Å². The van der Waals surface area contributed by atoms with E-state index in [0.717, 1.165) is 0 Å². The molecule has 0 saturated carbocycles. The first-order valence-electron chi connectivity index (χ1n) is 7.01. The third-order valence-corrected chi connectivity index (χ3v) is 3.43. The second kappa shape index (κ2) is 10.1. The molecule has 132 valence electrons. The highest BCUT2D eigenvalue weighted by Crippen LogP contribution is 2.05. The summed E-state index contributed by atoms with van der Waals surface area (Å²) < 4.78 is 0. The van der Waals surface area contributed by atoms with Crippen molar-refractivity contribution >= 4 is 36.4 Å². The third-order valence-electron chi connectivity index (χ3n) is 3.06. The molecule has 10 heteroatoms. The summed E-state index contributed by atoms with van der Waals surface area (Å²) in [4.78, 5) is 45.4. The molecule has 23 heavy (non-hydrogen) atoms. The van der Waals surface area contributed by atoms with Crippen LogP contribution in [0.2, 0.25) is 0 Å². The lowest BCUT2D eigenvalue weighted by Gasteiger charge is -2.23. The predicted molar refractivity (Wildman–Crippen MR) is 85.0 cm³/mol. The predicted octanol–water partition coefficient (Wildman–Crippen LogP) is -1.18. The van der Waals surface area contributed by atoms with Crippen molar-refractivity contribution in [1.29, 1.82) is 0 Å². The largest absolute Gasteiger partial charge is 0.480 e. The molecule has 0 aliphatic rings. The fraction of sp³-hybridized carbons (Fsp3) is 0.692. The Morgan fingerprint density at radius 2 is 1.65 bits per heavy atom. The molecule has 0 aromatic carbocycles. The zero-order valence-corrected chi connectivity index (χ0v) is 13.9. The second-order valence-electron chi connectivity index (χ2n) is 5.35. The number of carboxylic acid groups (broad SMARTS) is 2. The van der Waals surface area contributed by atoms with Gasteiger partial charge in [-0.15, -0.1) is 0 Å². The van der Waals surface area contributed by atoms with E-state index in [1.165, 1.54) is 0 Å². The third kappa shape index (κ3) is 7.84. The number of rotatable bonds is 10. The van der Waals surface area contributed by atoms with Crippen LogP contribution in [-0.2, 0) is 19.2 Å². The minimum absolute atomic E-state index is 0.0675. The molecule has 6 N–H and O–H groups in total. The van der Waals surface area contributed by atoms with Crippen LogP contribution in [0.1, 0.15) is 26.7 Å². The van der Waals surface area contributed by atoms with Gasteiger partial charge in [-0.3, -0.25) is 14.4 Å². The minimum atomic E-state index is -1.23. The number of carboxylic acids is 2. The highest BCUT2D eigenvalue weighted by atomic mass is 32.1. The summed E-state index contributed by atoms with van der Waals surface area (Å²) in [5, 5.41) is 22.3. The molecule has 0 fully saturated rings. The highest BCUT2D eigenvalue weighted by molar-refractivity contribution is 7.80. The Labute approximate surface area is 139 Å². The zero-order valence-electron chi connectivity index (χ0n) is 13.0. The van der Waals surface area contributed by atoms with Crippen LogP contribution < -0.4 is 16.4 Å². The monoisotopic (exact) mass is 349 g/mol. The smallest absolute Gasteiger partial charge is 0.327 e. The van der Waals surface area contributed by atoms with E-state index in [1.807, 2.05) is 0 Å². The maximum absolute atomic E-state index is 12.1. The first-order chi connectivity index (χ1) is 10.6. The van der Waals surface area contributed by atoms with Crippen molar-refractivity contribution in [2.24, 2.45) is 11.7 Å². The number of nitrogens with two attached hydrogens (primary N) is 1. The van der Waals surface area contributed by atoms with Crippen molar-refractivity contribution in [2.75, 3.05) is 5.75 Å². The van der Waals surface area contributed by atoms with Gasteiger partial charge in [-0.2, -0.15) is 12.6 Å². The summed E-state index contributed by atoms with van der Waals surface area (Å²) >= 11 is 3.84. The van der Waals surface area contributed by atoms with E-state index in [0.29, 0.717) is 0 Å². The first kappa shape index (κ1) is 21.2. The normalized spacial score (nSPS) is 14.7. The number of amides is 2. The van der Waals surface area contributed by atoms with Crippen LogP contribution in [0.5, 0.6) is 0 Å². The van der Waals surface area contributed by atoms with Crippen molar-refractivity contribution in [2.45, 2.75) is 44.8 Å². The molecule has 0 heterocycles. The van der Waals surface area contributed by atoms with Gasteiger partial charge in [0.15, 0.2) is 0 Å². The van der Waals surface area contributed by atoms with E-state index >= 15 is 0 Å². The summed E-state index contributed by atoms with van der Waals surface area (Å²) in [5.41, 5.74) is 5.30. The number of hydrogen-bond donors (Lipinski definition) is 6.